The Kier molecular flexibility index (Phi) is 3.61. The Labute approximate surface area is 126 Å². The van der Waals surface area contributed by atoms with E-state index >= 15 is 0 Å². The molecule has 4 atom stereocenters. The van der Waals surface area contributed by atoms with Crippen LogP contribution in [-0.4, -0.2) is 49.9 Å². The average molecular weight is 288 g/mol. The van der Waals surface area contributed by atoms with E-state index < -0.39 is 0 Å². The van der Waals surface area contributed by atoms with Crippen molar-refractivity contribution < 1.29 is 9.47 Å². The van der Waals surface area contributed by atoms with Crippen LogP contribution in [0.4, 0.5) is 0 Å². The van der Waals surface area contributed by atoms with E-state index in [0.717, 1.165) is 25.5 Å². The molecule has 3 aliphatic rings. The molecule has 2 heterocycles. The van der Waals surface area contributed by atoms with E-state index in [1.54, 1.807) is 0 Å². The summed E-state index contributed by atoms with van der Waals surface area (Å²) in [7, 11) is 2.06. The van der Waals surface area contributed by atoms with Crippen LogP contribution in [0.1, 0.15) is 30.9 Å². The fourth-order valence-electron chi connectivity index (χ4n) is 4.35. The van der Waals surface area contributed by atoms with E-state index in [4.69, 9.17) is 9.47 Å². The molecule has 1 aliphatic carbocycles. The number of hydrogen-bond donors (Lipinski definition) is 1. The van der Waals surface area contributed by atoms with Crippen LogP contribution in [0.25, 0.3) is 0 Å². The average Bonchev–Trinajstić information content (AvgIpc) is 3.02. The van der Waals surface area contributed by atoms with Crippen LogP contribution in [0.15, 0.2) is 24.3 Å². The number of rotatable bonds is 2. The van der Waals surface area contributed by atoms with Crippen molar-refractivity contribution in [3.63, 3.8) is 0 Å². The molecule has 4 nitrogen and oxygen atoms in total. The summed E-state index contributed by atoms with van der Waals surface area (Å²) in [5.74, 6) is 1.03. The van der Waals surface area contributed by atoms with E-state index in [0.29, 0.717) is 24.2 Å². The Morgan fingerprint density at radius 3 is 3.00 bits per heavy atom. The first-order valence-corrected chi connectivity index (χ1v) is 8.15. The van der Waals surface area contributed by atoms with E-state index in [1.165, 1.54) is 24.8 Å². The molecule has 1 N–H and O–H groups in total. The molecule has 1 saturated carbocycles. The molecule has 21 heavy (non-hydrogen) atoms. The zero-order valence-corrected chi connectivity index (χ0v) is 12.6. The van der Waals surface area contributed by atoms with Crippen LogP contribution in [0, 0.1) is 0 Å². The van der Waals surface area contributed by atoms with Crippen LogP contribution in [0.2, 0.25) is 0 Å². The Balaban J connectivity index is 1.63. The van der Waals surface area contributed by atoms with Gasteiger partial charge < -0.3 is 14.8 Å². The summed E-state index contributed by atoms with van der Waals surface area (Å²) in [5.41, 5.74) is 1.29. The Morgan fingerprint density at radius 2 is 2.10 bits per heavy atom. The Morgan fingerprint density at radius 1 is 1.19 bits per heavy atom. The van der Waals surface area contributed by atoms with Crippen molar-refractivity contribution in [2.45, 2.75) is 43.5 Å². The highest BCUT2D eigenvalue weighted by molar-refractivity contribution is 5.38. The first kappa shape index (κ1) is 13.6. The third-order valence-corrected chi connectivity index (χ3v) is 5.31. The molecule has 1 saturated heterocycles. The van der Waals surface area contributed by atoms with E-state index in [2.05, 4.69) is 35.5 Å². The lowest BCUT2D eigenvalue weighted by Crippen LogP contribution is -2.58. The second kappa shape index (κ2) is 5.59. The molecule has 0 bridgehead atoms. The molecule has 1 aromatic carbocycles. The number of fused-ring (bicyclic) bond motifs is 2. The van der Waals surface area contributed by atoms with Crippen molar-refractivity contribution in [1.82, 2.24) is 10.2 Å². The Bertz CT molecular complexity index is 507. The molecule has 2 fully saturated rings. The molecule has 4 heteroatoms. The minimum Gasteiger partial charge on any atom is -0.492 e. The van der Waals surface area contributed by atoms with E-state index in [-0.39, 0.29) is 0 Å². The number of nitrogens with one attached hydrogen (secondary N) is 1. The quantitative estimate of drug-likeness (QED) is 0.902. The summed E-state index contributed by atoms with van der Waals surface area (Å²) in [6.45, 7) is 2.65. The number of likely N-dealkylation sites (N-methyl/N-ethyl adjacent to an activating group) is 1. The normalized spacial score (nSPS) is 35.9. The van der Waals surface area contributed by atoms with E-state index in [1.807, 2.05) is 6.07 Å². The lowest BCUT2D eigenvalue weighted by Gasteiger charge is -2.47. The van der Waals surface area contributed by atoms with Crippen LogP contribution in [-0.2, 0) is 4.74 Å². The van der Waals surface area contributed by atoms with Crippen molar-refractivity contribution in [1.29, 1.82) is 0 Å². The van der Waals surface area contributed by atoms with Crippen molar-refractivity contribution in [2.75, 3.05) is 26.8 Å². The second-order valence-electron chi connectivity index (χ2n) is 6.33. The molecular formula is C17H24N2O2. The highest BCUT2D eigenvalue weighted by atomic mass is 16.5. The second-order valence-corrected chi connectivity index (χ2v) is 6.33. The topological polar surface area (TPSA) is 33.7 Å². The number of hydrogen-bond acceptors (Lipinski definition) is 4. The maximum absolute atomic E-state index is 6.05. The Hall–Kier alpha value is -1.10. The van der Waals surface area contributed by atoms with Gasteiger partial charge in [-0.1, -0.05) is 18.2 Å². The van der Waals surface area contributed by atoms with Gasteiger partial charge in [0.25, 0.3) is 0 Å². The number of para-hydroxylation sites is 1. The third kappa shape index (κ3) is 2.26. The predicted octanol–water partition coefficient (Wildman–Crippen LogP) is 1.96. The van der Waals surface area contributed by atoms with Gasteiger partial charge >= 0.3 is 0 Å². The number of morpholine rings is 1. The van der Waals surface area contributed by atoms with Gasteiger partial charge in [0.1, 0.15) is 12.4 Å². The first-order chi connectivity index (χ1) is 10.4. The minimum atomic E-state index is 0.342. The molecule has 0 amide bonds. The summed E-state index contributed by atoms with van der Waals surface area (Å²) in [6.07, 6.45) is 4.21. The molecule has 0 radical (unpaired) electrons. The van der Waals surface area contributed by atoms with Gasteiger partial charge in [0, 0.05) is 18.2 Å². The van der Waals surface area contributed by atoms with Gasteiger partial charge in [0.2, 0.25) is 0 Å². The van der Waals surface area contributed by atoms with Gasteiger partial charge in [-0.3, -0.25) is 4.90 Å². The molecule has 114 valence electrons. The zero-order valence-electron chi connectivity index (χ0n) is 12.6. The summed E-state index contributed by atoms with van der Waals surface area (Å²) in [4.78, 5) is 2.65. The van der Waals surface area contributed by atoms with Gasteiger partial charge in [0.05, 0.1) is 24.8 Å². The summed E-state index contributed by atoms with van der Waals surface area (Å²) < 4.78 is 12.0. The molecule has 1 aromatic rings. The lowest BCUT2D eigenvalue weighted by atomic mass is 9.93. The molecule has 4 rings (SSSR count). The number of nitrogens with zero attached hydrogens (tertiary/aromatic N) is 1. The van der Waals surface area contributed by atoms with Crippen molar-refractivity contribution in [3.8, 4) is 5.75 Å². The molecule has 0 spiro atoms. The maximum Gasteiger partial charge on any atom is 0.124 e. The molecule has 4 unspecified atom stereocenters. The fourth-order valence-corrected chi connectivity index (χ4v) is 4.35. The van der Waals surface area contributed by atoms with Crippen molar-refractivity contribution in [3.05, 3.63) is 29.8 Å². The maximum atomic E-state index is 6.05. The molecule has 0 aromatic heterocycles. The first-order valence-electron chi connectivity index (χ1n) is 8.15. The highest BCUT2D eigenvalue weighted by Crippen LogP contribution is 2.38. The largest absolute Gasteiger partial charge is 0.492 e. The summed E-state index contributed by atoms with van der Waals surface area (Å²) in [6, 6.07) is 9.74. The molecule has 2 aliphatic heterocycles. The highest BCUT2D eigenvalue weighted by Gasteiger charge is 2.43. The number of ether oxygens (including phenoxy) is 2. The van der Waals surface area contributed by atoms with Crippen molar-refractivity contribution >= 4 is 0 Å². The smallest absolute Gasteiger partial charge is 0.124 e. The van der Waals surface area contributed by atoms with E-state index in [9.17, 15) is 0 Å². The van der Waals surface area contributed by atoms with Gasteiger partial charge in [-0.25, -0.2) is 0 Å². The van der Waals surface area contributed by atoms with Crippen LogP contribution >= 0.6 is 0 Å². The van der Waals surface area contributed by atoms with Crippen LogP contribution < -0.4 is 10.1 Å². The van der Waals surface area contributed by atoms with Gasteiger partial charge in [-0.05, 0) is 32.4 Å². The van der Waals surface area contributed by atoms with Crippen LogP contribution in [0.3, 0.4) is 0 Å². The van der Waals surface area contributed by atoms with Gasteiger partial charge in [0.15, 0.2) is 0 Å². The van der Waals surface area contributed by atoms with Gasteiger partial charge in [-0.2, -0.15) is 0 Å². The lowest BCUT2D eigenvalue weighted by molar-refractivity contribution is -0.0856. The molecular weight excluding hydrogens is 264 g/mol. The van der Waals surface area contributed by atoms with Gasteiger partial charge in [-0.15, -0.1) is 0 Å². The minimum absolute atomic E-state index is 0.342. The van der Waals surface area contributed by atoms with Crippen LogP contribution in [0.5, 0.6) is 5.75 Å². The third-order valence-electron chi connectivity index (χ3n) is 5.31. The zero-order chi connectivity index (χ0) is 14.2. The predicted molar refractivity (Wildman–Crippen MR) is 81.6 cm³/mol. The summed E-state index contributed by atoms with van der Waals surface area (Å²) >= 11 is 0. The summed E-state index contributed by atoms with van der Waals surface area (Å²) in [5, 5.41) is 3.52. The standard InChI is InChI=1S/C17H24N2O2/c1-18-17-12-5-2-3-7-15(12)21-11-14(17)19-9-10-20-16-8-4-6-13(16)19/h2-3,5,7,13-14,16-18H,4,6,8-11H2,1H3. The SMILES string of the molecule is CNC1c2ccccc2OCC1N1CCOC2CCCC21. The monoisotopic (exact) mass is 288 g/mol. The fraction of sp³-hybridized carbons (Fsp3) is 0.647. The number of benzene rings is 1. The van der Waals surface area contributed by atoms with Crippen molar-refractivity contribution in [2.24, 2.45) is 0 Å².